The molecule has 4 heterocycles. The highest BCUT2D eigenvalue weighted by atomic mass is 16.7. The highest BCUT2D eigenvalue weighted by Gasteiger charge is 2.22. The molecule has 7 rings (SSSR count). The first-order valence-electron chi connectivity index (χ1n) is 11.2. The zero-order valence-electron chi connectivity index (χ0n) is 18.5. The van der Waals surface area contributed by atoms with Crippen molar-refractivity contribution >= 4 is 21.9 Å². The summed E-state index contributed by atoms with van der Waals surface area (Å²) < 4.78 is 24.3. The van der Waals surface area contributed by atoms with E-state index < -0.39 is 0 Å². The zero-order valence-corrected chi connectivity index (χ0v) is 18.5. The predicted octanol–water partition coefficient (Wildman–Crippen LogP) is 3.51. The van der Waals surface area contributed by atoms with Crippen molar-refractivity contribution in [2.75, 3.05) is 13.6 Å². The molecule has 9 heteroatoms. The molecule has 3 N–H and O–H groups in total. The van der Waals surface area contributed by atoms with Crippen molar-refractivity contribution in [2.45, 2.75) is 13.1 Å². The van der Waals surface area contributed by atoms with Crippen LogP contribution < -0.4 is 30.2 Å². The molecule has 35 heavy (non-hydrogen) atoms. The van der Waals surface area contributed by atoms with Gasteiger partial charge in [-0.05, 0) is 17.2 Å². The Morgan fingerprint density at radius 2 is 1.63 bits per heavy atom. The summed E-state index contributed by atoms with van der Waals surface area (Å²) in [5, 5.41) is 0.849. The van der Waals surface area contributed by atoms with Crippen molar-refractivity contribution in [1.82, 2.24) is 14.5 Å². The molecule has 9 nitrogen and oxygen atoms in total. The van der Waals surface area contributed by atoms with Gasteiger partial charge in [-0.1, -0.05) is 24.3 Å². The van der Waals surface area contributed by atoms with E-state index >= 15 is 0 Å². The zero-order chi connectivity index (χ0) is 23.5. The van der Waals surface area contributed by atoms with Crippen LogP contribution in [0.1, 0.15) is 11.1 Å². The molecule has 2 aliphatic heterocycles. The van der Waals surface area contributed by atoms with Crippen molar-refractivity contribution in [3.63, 3.8) is 0 Å². The smallest absolute Gasteiger partial charge is 0.275 e. The summed E-state index contributed by atoms with van der Waals surface area (Å²) in [4.78, 5) is 20.9. The highest BCUT2D eigenvalue weighted by Crippen LogP contribution is 2.41. The van der Waals surface area contributed by atoms with E-state index in [9.17, 15) is 4.79 Å². The molecule has 0 saturated heterocycles. The van der Waals surface area contributed by atoms with Crippen LogP contribution >= 0.6 is 0 Å². The molecule has 0 bridgehead atoms. The number of ether oxygens (including phenoxy) is 4. The Morgan fingerprint density at radius 3 is 2.43 bits per heavy atom. The van der Waals surface area contributed by atoms with Crippen LogP contribution in [0.15, 0.2) is 59.5 Å². The normalized spacial score (nSPS) is 13.7. The van der Waals surface area contributed by atoms with Gasteiger partial charge in [-0.2, -0.15) is 0 Å². The van der Waals surface area contributed by atoms with Crippen LogP contribution in [0.3, 0.4) is 0 Å². The number of nitrogens with zero attached hydrogens (tertiary/aromatic N) is 2. The van der Waals surface area contributed by atoms with Crippen molar-refractivity contribution < 1.29 is 18.9 Å². The Kier molecular flexibility index (Phi) is 4.27. The molecular formula is C26H20N4O5. The van der Waals surface area contributed by atoms with Crippen LogP contribution in [-0.2, 0) is 13.1 Å². The van der Waals surface area contributed by atoms with Gasteiger partial charge in [-0.25, -0.2) is 4.98 Å². The molecular weight excluding hydrogens is 448 g/mol. The van der Waals surface area contributed by atoms with Gasteiger partial charge in [-0.3, -0.25) is 4.79 Å². The lowest BCUT2D eigenvalue weighted by molar-refractivity contribution is 0.173. The molecule has 0 fully saturated rings. The first-order valence-corrected chi connectivity index (χ1v) is 11.2. The fraction of sp³-hybridized carbons (Fsp3) is 0.154. The predicted molar refractivity (Wildman–Crippen MR) is 129 cm³/mol. The van der Waals surface area contributed by atoms with Crippen LogP contribution in [-0.4, -0.2) is 28.1 Å². The van der Waals surface area contributed by atoms with Crippen LogP contribution in [0.5, 0.6) is 23.0 Å². The molecule has 0 spiro atoms. The number of rotatable bonds is 4. The monoisotopic (exact) mass is 468 g/mol. The van der Waals surface area contributed by atoms with E-state index in [0.29, 0.717) is 58.4 Å². The Balaban J connectivity index is 1.43. The number of aromatic nitrogens is 3. The molecule has 0 amide bonds. The maximum atomic E-state index is 13.2. The van der Waals surface area contributed by atoms with Crippen molar-refractivity contribution in [3.05, 3.63) is 76.2 Å². The SMILES string of the molecule is NCc1cccc(Cn2cc(-c3nc4cc5c(cc4[nH]c3=O)OCO5)c3cc4c(cc32)OCO4)c1. The Hall–Kier alpha value is -4.50. The van der Waals surface area contributed by atoms with Crippen LogP contribution in [0.4, 0.5) is 0 Å². The van der Waals surface area contributed by atoms with Gasteiger partial charge in [0.15, 0.2) is 23.0 Å². The maximum absolute atomic E-state index is 13.2. The van der Waals surface area contributed by atoms with E-state index in [1.165, 1.54) is 0 Å². The second kappa shape index (κ2) is 7.51. The van der Waals surface area contributed by atoms with Gasteiger partial charge in [0.05, 0.1) is 16.6 Å². The summed E-state index contributed by atoms with van der Waals surface area (Å²) in [7, 11) is 0. The molecule has 174 valence electrons. The van der Waals surface area contributed by atoms with E-state index in [1.54, 1.807) is 12.1 Å². The number of H-pyrrole nitrogens is 1. The van der Waals surface area contributed by atoms with Crippen LogP contribution in [0, 0.1) is 0 Å². The number of nitrogens with one attached hydrogen (secondary N) is 1. The number of fused-ring (bicyclic) bond motifs is 4. The standard InChI is InChI=1S/C26H20N4O5/c27-9-14-2-1-3-15(4-14)10-30-11-17(16-5-21-24(8-20(16)30)35-12-32-21)25-26(31)29-19-7-23-22(33-13-34-23)6-18(19)28-25/h1-8,11H,9-10,12-13,27H2,(H,29,31). The third kappa shape index (κ3) is 3.20. The lowest BCUT2D eigenvalue weighted by Crippen LogP contribution is -2.11. The van der Waals surface area contributed by atoms with E-state index in [2.05, 4.69) is 21.7 Å². The summed E-state index contributed by atoms with van der Waals surface area (Å²) in [5.41, 5.74) is 10.8. The van der Waals surface area contributed by atoms with Crippen LogP contribution in [0.25, 0.3) is 33.2 Å². The van der Waals surface area contributed by atoms with E-state index in [0.717, 1.165) is 22.0 Å². The molecule has 0 saturated carbocycles. The molecule has 2 aliphatic rings. The van der Waals surface area contributed by atoms with Gasteiger partial charge in [0.2, 0.25) is 13.6 Å². The van der Waals surface area contributed by atoms with Gasteiger partial charge in [0.25, 0.3) is 5.56 Å². The number of nitrogens with two attached hydrogens (primary N) is 1. The van der Waals surface area contributed by atoms with Crippen molar-refractivity contribution in [1.29, 1.82) is 0 Å². The number of aromatic amines is 1. The largest absolute Gasteiger partial charge is 0.454 e. The summed E-state index contributed by atoms with van der Waals surface area (Å²) in [5.74, 6) is 2.51. The second-order valence-electron chi connectivity index (χ2n) is 8.55. The Morgan fingerprint density at radius 1 is 0.914 bits per heavy atom. The average Bonchev–Trinajstić information content (AvgIpc) is 3.60. The minimum Gasteiger partial charge on any atom is -0.454 e. The van der Waals surface area contributed by atoms with Crippen molar-refractivity contribution in [2.24, 2.45) is 5.73 Å². The number of benzene rings is 3. The topological polar surface area (TPSA) is 114 Å². The molecule has 5 aromatic rings. The van der Waals surface area contributed by atoms with Gasteiger partial charge in [0.1, 0.15) is 5.69 Å². The molecule has 0 unspecified atom stereocenters. The summed E-state index contributed by atoms with van der Waals surface area (Å²) >= 11 is 0. The van der Waals surface area contributed by atoms with E-state index in [4.69, 9.17) is 29.7 Å². The molecule has 0 aliphatic carbocycles. The van der Waals surface area contributed by atoms with Crippen molar-refractivity contribution in [3.8, 4) is 34.3 Å². The third-order valence-electron chi connectivity index (χ3n) is 6.40. The van der Waals surface area contributed by atoms with Gasteiger partial charge in [-0.15, -0.1) is 0 Å². The quantitative estimate of drug-likeness (QED) is 0.415. The summed E-state index contributed by atoms with van der Waals surface area (Å²) in [6.45, 7) is 1.37. The number of hydrogen-bond donors (Lipinski definition) is 2. The van der Waals surface area contributed by atoms with Gasteiger partial charge >= 0.3 is 0 Å². The lowest BCUT2D eigenvalue weighted by atomic mass is 10.1. The minimum absolute atomic E-state index is 0.148. The number of hydrogen-bond acceptors (Lipinski definition) is 7. The Bertz CT molecular complexity index is 1700. The Labute approximate surface area is 198 Å². The highest BCUT2D eigenvalue weighted by molar-refractivity contribution is 5.98. The van der Waals surface area contributed by atoms with Gasteiger partial charge < -0.3 is 34.2 Å². The summed E-state index contributed by atoms with van der Waals surface area (Å²) in [6, 6.07) is 15.5. The summed E-state index contributed by atoms with van der Waals surface area (Å²) in [6.07, 6.45) is 1.95. The minimum atomic E-state index is -0.293. The maximum Gasteiger partial charge on any atom is 0.275 e. The molecule has 3 aromatic carbocycles. The lowest BCUT2D eigenvalue weighted by Gasteiger charge is -2.08. The van der Waals surface area contributed by atoms with Crippen LogP contribution in [0.2, 0.25) is 0 Å². The van der Waals surface area contributed by atoms with E-state index in [1.807, 2.05) is 30.5 Å². The first kappa shape index (κ1) is 19.9. The second-order valence-corrected chi connectivity index (χ2v) is 8.55. The fourth-order valence-electron chi connectivity index (χ4n) is 4.71. The van der Waals surface area contributed by atoms with Gasteiger partial charge in [0, 0.05) is 48.4 Å². The van der Waals surface area contributed by atoms with E-state index in [-0.39, 0.29) is 19.1 Å². The molecule has 0 atom stereocenters. The fourth-order valence-corrected chi connectivity index (χ4v) is 4.71. The first-order chi connectivity index (χ1) is 17.2. The molecule has 2 aromatic heterocycles. The third-order valence-corrected chi connectivity index (χ3v) is 6.40. The average molecular weight is 468 g/mol. The molecule has 0 radical (unpaired) electrons.